The number of carboxylic acid groups (broad SMARTS) is 1. The first-order valence-electron chi connectivity index (χ1n) is 5.96. The molecule has 2 bridgehead atoms. The molecular formula is C11H9F2LiN4O4. The fraction of sp³-hybridized carbons (Fsp3) is 0.364. The summed E-state index contributed by atoms with van der Waals surface area (Å²) in [4.78, 5) is 27.5. The van der Waals surface area contributed by atoms with Gasteiger partial charge in [0.1, 0.15) is 5.97 Å². The van der Waals surface area contributed by atoms with Gasteiger partial charge in [0.15, 0.2) is 0 Å². The summed E-state index contributed by atoms with van der Waals surface area (Å²) >= 11 is 0. The van der Waals surface area contributed by atoms with E-state index in [9.17, 15) is 23.5 Å². The first-order valence-corrected chi connectivity index (χ1v) is 5.96. The first-order chi connectivity index (χ1) is 9.88. The summed E-state index contributed by atoms with van der Waals surface area (Å²) < 4.78 is 27.6. The number of amides is 2. The summed E-state index contributed by atoms with van der Waals surface area (Å²) in [6.45, 7) is 0.292. The molecule has 1 unspecified atom stereocenters. The average molecular weight is 306 g/mol. The van der Waals surface area contributed by atoms with Crippen LogP contribution in [0.3, 0.4) is 0 Å². The Morgan fingerprint density at radius 3 is 2.82 bits per heavy atom. The third-order valence-corrected chi connectivity index (χ3v) is 3.15. The Morgan fingerprint density at radius 2 is 2.23 bits per heavy atom. The van der Waals surface area contributed by atoms with E-state index in [4.69, 9.17) is 0 Å². The Kier molecular flexibility index (Phi) is 4.28. The number of aliphatic carboxylic acids is 1. The number of hydroxylamine groups is 2. The number of halogens is 2. The van der Waals surface area contributed by atoms with Crippen LogP contribution in [0.4, 0.5) is 13.6 Å². The van der Waals surface area contributed by atoms with E-state index in [0.717, 1.165) is 0 Å². The molecule has 0 spiro atoms. The van der Waals surface area contributed by atoms with E-state index in [0.29, 0.717) is 10.8 Å². The van der Waals surface area contributed by atoms with E-state index in [1.165, 1.54) is 21.9 Å². The number of fused-ring (bicyclic) bond motifs is 2. The zero-order valence-corrected chi connectivity index (χ0v) is 11.5. The topological polar surface area (TPSA) is 90.7 Å². The van der Waals surface area contributed by atoms with Crippen molar-refractivity contribution < 1.29 is 47.2 Å². The number of aromatic nitrogens is 2. The average Bonchev–Trinajstić information content (AvgIpc) is 3.03. The van der Waals surface area contributed by atoms with Crippen molar-refractivity contribution in [3.8, 4) is 0 Å². The normalized spacial score (nSPS) is 20.7. The number of nitrogens with zero attached hydrogens (tertiary/aromatic N) is 4. The van der Waals surface area contributed by atoms with Crippen LogP contribution in [0.1, 0.15) is 0 Å². The van der Waals surface area contributed by atoms with Gasteiger partial charge in [-0.15, -0.1) is 0 Å². The standard InChI is InChI=1S/C11H10F2N4O4.Li/c12-11(13,9(18)19)21-17-8-4-7(16-3-1-2-14-16)5-15(6-8)10(17)20;/h1-4,8H,5-6H2,(H,18,19);/q;+1/p-1. The fourth-order valence-corrected chi connectivity index (χ4v) is 2.24. The molecule has 0 N–H and O–H groups in total. The molecule has 11 heteroatoms. The summed E-state index contributed by atoms with van der Waals surface area (Å²) in [6, 6.07) is 0.0162. The molecule has 22 heavy (non-hydrogen) atoms. The van der Waals surface area contributed by atoms with Crippen molar-refractivity contribution in [2.75, 3.05) is 13.1 Å². The van der Waals surface area contributed by atoms with Gasteiger partial charge in [0.05, 0.1) is 18.3 Å². The van der Waals surface area contributed by atoms with Crippen LogP contribution in [0, 0.1) is 0 Å². The van der Waals surface area contributed by atoms with Gasteiger partial charge in [-0.05, 0) is 12.1 Å². The van der Waals surface area contributed by atoms with Gasteiger partial charge in [0, 0.05) is 18.9 Å². The molecule has 2 aliphatic heterocycles. The largest absolute Gasteiger partial charge is 1.00 e. The molecule has 1 atom stereocenters. The maximum absolute atomic E-state index is 13.1. The van der Waals surface area contributed by atoms with E-state index < -0.39 is 24.2 Å². The number of rotatable bonds is 4. The summed E-state index contributed by atoms with van der Waals surface area (Å²) in [5.74, 6) is -2.71. The van der Waals surface area contributed by atoms with Crippen LogP contribution in [0.5, 0.6) is 0 Å². The molecule has 1 saturated heterocycles. The van der Waals surface area contributed by atoms with Gasteiger partial charge in [-0.25, -0.2) is 9.48 Å². The van der Waals surface area contributed by atoms with E-state index in [2.05, 4.69) is 9.94 Å². The molecule has 2 amide bonds. The Labute approximate surface area is 135 Å². The van der Waals surface area contributed by atoms with Crippen LogP contribution in [-0.4, -0.2) is 57.0 Å². The van der Waals surface area contributed by atoms with E-state index in [1.54, 1.807) is 12.3 Å². The van der Waals surface area contributed by atoms with Gasteiger partial charge >= 0.3 is 31.0 Å². The monoisotopic (exact) mass is 306 g/mol. The maximum atomic E-state index is 13.1. The predicted octanol–water partition coefficient (Wildman–Crippen LogP) is -3.88. The zero-order valence-electron chi connectivity index (χ0n) is 11.5. The van der Waals surface area contributed by atoms with Gasteiger partial charge in [0.2, 0.25) is 0 Å². The smallest absolute Gasteiger partial charge is 0.542 e. The van der Waals surface area contributed by atoms with Crippen molar-refractivity contribution in [3.63, 3.8) is 0 Å². The third kappa shape index (κ3) is 2.72. The number of hydrogen-bond acceptors (Lipinski definition) is 5. The Balaban J connectivity index is 0.00000176. The van der Waals surface area contributed by atoms with Gasteiger partial charge < -0.3 is 14.8 Å². The molecule has 1 aromatic rings. The maximum Gasteiger partial charge on any atom is 1.00 e. The molecule has 0 radical (unpaired) electrons. The van der Waals surface area contributed by atoms with Crippen LogP contribution in [0.2, 0.25) is 0 Å². The molecule has 112 valence electrons. The van der Waals surface area contributed by atoms with Gasteiger partial charge in [-0.2, -0.15) is 23.8 Å². The van der Waals surface area contributed by atoms with Gasteiger partial charge in [-0.1, -0.05) is 0 Å². The second-order valence-corrected chi connectivity index (χ2v) is 4.56. The first kappa shape index (κ1) is 16.5. The molecule has 0 aliphatic carbocycles. The molecule has 8 nitrogen and oxygen atoms in total. The third-order valence-electron chi connectivity index (χ3n) is 3.15. The minimum Gasteiger partial charge on any atom is -0.542 e. The van der Waals surface area contributed by atoms with Crippen molar-refractivity contribution in [2.24, 2.45) is 0 Å². The van der Waals surface area contributed by atoms with E-state index in [-0.39, 0.29) is 32.0 Å². The molecule has 0 saturated carbocycles. The number of carbonyl (C=O) groups is 2. The second-order valence-electron chi connectivity index (χ2n) is 4.56. The van der Waals surface area contributed by atoms with Crippen molar-refractivity contribution in [1.82, 2.24) is 19.7 Å². The fourth-order valence-electron chi connectivity index (χ4n) is 2.24. The van der Waals surface area contributed by atoms with E-state index in [1.807, 2.05) is 0 Å². The number of carbonyl (C=O) groups excluding carboxylic acids is 2. The summed E-state index contributed by atoms with van der Waals surface area (Å²) in [6.07, 6.45) is 0.129. The molecule has 0 aromatic carbocycles. The van der Waals surface area contributed by atoms with Crippen LogP contribution in [-0.2, 0) is 9.63 Å². The van der Waals surface area contributed by atoms with Gasteiger partial charge in [0.25, 0.3) is 0 Å². The van der Waals surface area contributed by atoms with E-state index >= 15 is 0 Å². The molecule has 1 aromatic heterocycles. The summed E-state index contributed by atoms with van der Waals surface area (Å²) in [7, 11) is 0. The molecule has 2 aliphatic rings. The van der Waals surface area contributed by atoms with Crippen LogP contribution in [0.15, 0.2) is 24.5 Å². The molecule has 1 fully saturated rings. The Hall–Kier alpha value is -1.89. The summed E-state index contributed by atoms with van der Waals surface area (Å²) in [5.41, 5.74) is 0.604. The zero-order chi connectivity index (χ0) is 15.2. The molecule has 3 rings (SSSR count). The minimum atomic E-state index is -4.58. The van der Waals surface area contributed by atoms with Crippen LogP contribution < -0.4 is 24.0 Å². The quantitative estimate of drug-likeness (QED) is 0.531. The van der Waals surface area contributed by atoms with Crippen molar-refractivity contribution >= 4 is 17.7 Å². The second kappa shape index (κ2) is 5.72. The minimum absolute atomic E-state index is 0. The van der Waals surface area contributed by atoms with Gasteiger partial charge in [-0.3, -0.25) is 0 Å². The van der Waals surface area contributed by atoms with Crippen LogP contribution in [0.25, 0.3) is 5.70 Å². The SMILES string of the molecule is O=C1N2CC(n3cccn3)=CC(C2)N1OC(F)(F)C(=O)[O-].[Li+]. The van der Waals surface area contributed by atoms with Crippen LogP contribution >= 0.6 is 0 Å². The Bertz CT molecular complexity index is 622. The molecular weight excluding hydrogens is 297 g/mol. The molecule has 3 heterocycles. The summed E-state index contributed by atoms with van der Waals surface area (Å²) in [5, 5.41) is 14.6. The number of hydrogen-bond donors (Lipinski definition) is 0. The number of urea groups is 1. The van der Waals surface area contributed by atoms with Crippen molar-refractivity contribution in [2.45, 2.75) is 12.2 Å². The number of carboxylic acids is 1. The Morgan fingerprint density at radius 1 is 1.50 bits per heavy atom. The van der Waals surface area contributed by atoms with Crippen molar-refractivity contribution in [3.05, 3.63) is 24.5 Å². The number of alkyl halides is 2. The predicted molar refractivity (Wildman–Crippen MR) is 60.1 cm³/mol. The van der Waals surface area contributed by atoms with Crippen molar-refractivity contribution in [1.29, 1.82) is 0 Å².